The maximum atomic E-state index is 12.0. The third-order valence-electron chi connectivity index (χ3n) is 3.47. The Hall–Kier alpha value is -1.70. The Kier molecular flexibility index (Phi) is 5.11. The molecule has 1 saturated heterocycles. The number of allylic oxidation sites excluding steroid dienone is 1. The number of H-pyrrole nitrogens is 1. The average molecular weight is 296 g/mol. The van der Waals surface area contributed by atoms with Crippen molar-refractivity contribution in [3.8, 4) is 0 Å². The molecule has 0 aliphatic carbocycles. The van der Waals surface area contributed by atoms with E-state index in [1.54, 1.807) is 33.3 Å². The van der Waals surface area contributed by atoms with Gasteiger partial charge in [0.15, 0.2) is 0 Å². The lowest BCUT2D eigenvalue weighted by Gasteiger charge is -2.16. The highest BCUT2D eigenvalue weighted by Gasteiger charge is 2.36. The van der Waals surface area contributed by atoms with Crippen LogP contribution in [0.1, 0.15) is 25.1 Å². The molecular formula is C14H20N2O5. The lowest BCUT2D eigenvalue weighted by atomic mass is 10.2. The van der Waals surface area contributed by atoms with Crippen molar-refractivity contribution in [2.75, 3.05) is 20.8 Å². The fourth-order valence-corrected chi connectivity index (χ4v) is 2.45. The second-order valence-electron chi connectivity index (χ2n) is 4.85. The molecule has 1 N–H and O–H groups in total. The van der Waals surface area contributed by atoms with E-state index < -0.39 is 17.5 Å². The van der Waals surface area contributed by atoms with Gasteiger partial charge in [-0.2, -0.15) is 0 Å². The average Bonchev–Trinajstić information content (AvgIpc) is 2.85. The van der Waals surface area contributed by atoms with Gasteiger partial charge in [-0.05, 0) is 6.92 Å². The van der Waals surface area contributed by atoms with Crippen LogP contribution in [0, 0.1) is 0 Å². The van der Waals surface area contributed by atoms with Crippen LogP contribution in [0.5, 0.6) is 0 Å². The van der Waals surface area contributed by atoms with Gasteiger partial charge < -0.3 is 14.2 Å². The van der Waals surface area contributed by atoms with Gasteiger partial charge in [0.2, 0.25) is 0 Å². The topological polar surface area (TPSA) is 82.6 Å². The van der Waals surface area contributed by atoms with E-state index in [2.05, 4.69) is 4.98 Å². The minimum Gasteiger partial charge on any atom is -0.382 e. The van der Waals surface area contributed by atoms with E-state index in [9.17, 15) is 9.59 Å². The lowest BCUT2D eigenvalue weighted by molar-refractivity contribution is -0.0618. The van der Waals surface area contributed by atoms with Crippen molar-refractivity contribution in [1.29, 1.82) is 0 Å². The summed E-state index contributed by atoms with van der Waals surface area (Å²) in [5, 5.41) is 0. The van der Waals surface area contributed by atoms with Gasteiger partial charge in [-0.1, -0.05) is 12.2 Å². The molecule has 1 fully saturated rings. The second kappa shape index (κ2) is 6.84. The summed E-state index contributed by atoms with van der Waals surface area (Å²) < 4.78 is 17.7. The van der Waals surface area contributed by atoms with E-state index >= 15 is 0 Å². The van der Waals surface area contributed by atoms with Crippen molar-refractivity contribution in [2.45, 2.75) is 31.8 Å². The Morgan fingerprint density at radius 2 is 2.24 bits per heavy atom. The summed E-state index contributed by atoms with van der Waals surface area (Å²) in [6.45, 7) is 2.19. The van der Waals surface area contributed by atoms with Crippen LogP contribution in [-0.4, -0.2) is 42.6 Å². The summed E-state index contributed by atoms with van der Waals surface area (Å²) in [5.41, 5.74) is -0.500. The van der Waals surface area contributed by atoms with Gasteiger partial charge in [0.1, 0.15) is 12.3 Å². The quantitative estimate of drug-likeness (QED) is 0.856. The first-order valence-corrected chi connectivity index (χ1v) is 6.76. The van der Waals surface area contributed by atoms with Gasteiger partial charge in [-0.25, -0.2) is 4.79 Å². The number of aromatic amines is 1. The number of aromatic nitrogens is 2. The highest BCUT2D eigenvalue weighted by atomic mass is 16.6. The Bertz CT molecular complexity index is 619. The van der Waals surface area contributed by atoms with E-state index in [0.29, 0.717) is 18.6 Å². The van der Waals surface area contributed by atoms with Gasteiger partial charge in [0, 0.05) is 26.8 Å². The zero-order valence-corrected chi connectivity index (χ0v) is 12.4. The van der Waals surface area contributed by atoms with E-state index in [1.807, 2.05) is 0 Å². The third-order valence-corrected chi connectivity index (χ3v) is 3.47. The van der Waals surface area contributed by atoms with Gasteiger partial charge in [-0.15, -0.1) is 0 Å². The molecule has 1 aliphatic heterocycles. The normalized spacial score (nSPS) is 25.8. The molecule has 7 heteroatoms. The van der Waals surface area contributed by atoms with Gasteiger partial charge in [0.25, 0.3) is 5.56 Å². The van der Waals surface area contributed by atoms with Crippen LogP contribution >= 0.6 is 0 Å². The molecule has 1 unspecified atom stereocenters. The molecule has 21 heavy (non-hydrogen) atoms. The van der Waals surface area contributed by atoms with Crippen molar-refractivity contribution < 1.29 is 14.2 Å². The molecule has 0 radical (unpaired) electrons. The number of nitrogens with one attached hydrogen (secondary N) is 1. The number of hydrogen-bond acceptors (Lipinski definition) is 5. The van der Waals surface area contributed by atoms with Crippen molar-refractivity contribution in [3.63, 3.8) is 0 Å². The first kappa shape index (κ1) is 15.7. The predicted molar refractivity (Wildman–Crippen MR) is 77.2 cm³/mol. The van der Waals surface area contributed by atoms with Crippen molar-refractivity contribution in [3.05, 3.63) is 38.7 Å². The molecule has 2 heterocycles. The summed E-state index contributed by atoms with van der Waals surface area (Å²) in [5.74, 6) is 0. The number of methoxy groups -OCH3 is 2. The highest BCUT2D eigenvalue weighted by Crippen LogP contribution is 2.29. The Labute approximate surface area is 122 Å². The SMILES string of the molecule is CC=Cc1cn([C@H]2CC(OC)[C@@H](COC)O2)c(=O)[nH]c1=O. The first-order valence-electron chi connectivity index (χ1n) is 6.76. The van der Waals surface area contributed by atoms with Crippen LogP contribution in [0.3, 0.4) is 0 Å². The van der Waals surface area contributed by atoms with Crippen molar-refractivity contribution in [2.24, 2.45) is 0 Å². The molecule has 0 spiro atoms. The first-order chi connectivity index (χ1) is 10.1. The molecule has 3 atom stereocenters. The Morgan fingerprint density at radius 3 is 2.86 bits per heavy atom. The fraction of sp³-hybridized carbons (Fsp3) is 0.571. The minimum atomic E-state index is -0.494. The summed E-state index contributed by atoms with van der Waals surface area (Å²) >= 11 is 0. The molecule has 116 valence electrons. The maximum Gasteiger partial charge on any atom is 0.330 e. The predicted octanol–water partition coefficient (Wildman–Crippen LogP) is 0.519. The summed E-state index contributed by atoms with van der Waals surface area (Å²) in [4.78, 5) is 26.0. The van der Waals surface area contributed by atoms with E-state index in [0.717, 1.165) is 0 Å². The van der Waals surface area contributed by atoms with Crippen LogP contribution in [0.4, 0.5) is 0 Å². The number of hydrogen-bond donors (Lipinski definition) is 1. The molecule has 1 aliphatic rings. The zero-order valence-electron chi connectivity index (χ0n) is 12.4. The van der Waals surface area contributed by atoms with Gasteiger partial charge in [0.05, 0.1) is 18.3 Å². The highest BCUT2D eigenvalue weighted by molar-refractivity contribution is 5.45. The molecule has 1 aromatic heterocycles. The molecule has 0 bridgehead atoms. The van der Waals surface area contributed by atoms with Gasteiger partial charge in [-0.3, -0.25) is 14.3 Å². The lowest BCUT2D eigenvalue weighted by Crippen LogP contribution is -2.33. The second-order valence-corrected chi connectivity index (χ2v) is 4.85. The zero-order chi connectivity index (χ0) is 15.4. The van der Waals surface area contributed by atoms with Crippen molar-refractivity contribution in [1.82, 2.24) is 9.55 Å². The van der Waals surface area contributed by atoms with Crippen LogP contribution in [-0.2, 0) is 14.2 Å². The molecular weight excluding hydrogens is 276 g/mol. The van der Waals surface area contributed by atoms with Crippen LogP contribution in [0.25, 0.3) is 6.08 Å². The van der Waals surface area contributed by atoms with Crippen LogP contribution in [0.2, 0.25) is 0 Å². The van der Waals surface area contributed by atoms with Crippen LogP contribution < -0.4 is 11.2 Å². The summed E-state index contributed by atoms with van der Waals surface area (Å²) in [7, 11) is 3.18. The minimum absolute atomic E-state index is 0.154. The summed E-state index contributed by atoms with van der Waals surface area (Å²) in [6, 6.07) is 0. The monoisotopic (exact) mass is 296 g/mol. The standard InChI is InChI=1S/C14H20N2O5/c1-4-5-9-7-16(14(18)15-13(9)17)12-6-10(20-3)11(21-12)8-19-2/h4-5,7,10-12H,6,8H2,1-3H3,(H,15,17,18)/t10?,11-,12-/m1/s1. The van der Waals surface area contributed by atoms with Gasteiger partial charge >= 0.3 is 5.69 Å². The maximum absolute atomic E-state index is 12.0. The number of ether oxygens (including phenoxy) is 3. The summed E-state index contributed by atoms with van der Waals surface area (Å²) in [6.07, 6.45) is 4.53. The Balaban J connectivity index is 2.32. The van der Waals surface area contributed by atoms with E-state index in [-0.39, 0.29) is 12.2 Å². The molecule has 7 nitrogen and oxygen atoms in total. The largest absolute Gasteiger partial charge is 0.382 e. The molecule has 2 rings (SSSR count). The third kappa shape index (κ3) is 3.31. The molecule has 0 amide bonds. The Morgan fingerprint density at radius 1 is 1.48 bits per heavy atom. The van der Waals surface area contributed by atoms with Crippen LogP contribution in [0.15, 0.2) is 21.9 Å². The smallest absolute Gasteiger partial charge is 0.330 e. The van der Waals surface area contributed by atoms with E-state index in [4.69, 9.17) is 14.2 Å². The number of nitrogens with zero attached hydrogens (tertiary/aromatic N) is 1. The molecule has 0 saturated carbocycles. The molecule has 0 aromatic carbocycles. The van der Waals surface area contributed by atoms with Crippen molar-refractivity contribution >= 4 is 6.08 Å². The fourth-order valence-electron chi connectivity index (χ4n) is 2.45. The molecule has 1 aromatic rings. The van der Waals surface area contributed by atoms with E-state index in [1.165, 1.54) is 10.8 Å². The number of rotatable bonds is 5.